The van der Waals surface area contributed by atoms with Crippen molar-refractivity contribution in [1.82, 2.24) is 10.2 Å². The molecule has 0 radical (unpaired) electrons. The monoisotopic (exact) mass is 240 g/mol. The maximum absolute atomic E-state index is 3.82. The van der Waals surface area contributed by atoms with Gasteiger partial charge in [0.15, 0.2) is 0 Å². The second kappa shape index (κ2) is 4.18. The number of hydrogen-bond acceptors (Lipinski definition) is 3. The molecule has 1 heterocycles. The lowest BCUT2D eigenvalue weighted by Crippen LogP contribution is -2.38. The Kier molecular flexibility index (Phi) is 2.97. The zero-order valence-electron chi connectivity index (χ0n) is 10.5. The van der Waals surface area contributed by atoms with Crippen LogP contribution >= 0.6 is 11.8 Å². The van der Waals surface area contributed by atoms with Gasteiger partial charge in [0.2, 0.25) is 0 Å². The van der Waals surface area contributed by atoms with Crippen molar-refractivity contribution in [2.75, 3.05) is 19.3 Å². The van der Waals surface area contributed by atoms with Crippen molar-refractivity contribution < 1.29 is 0 Å². The third-order valence-corrected chi connectivity index (χ3v) is 6.01. The highest BCUT2D eigenvalue weighted by Crippen LogP contribution is 2.46. The zero-order chi connectivity index (χ0) is 11.2. The molecule has 1 N–H and O–H groups in total. The zero-order valence-corrected chi connectivity index (χ0v) is 11.4. The lowest BCUT2D eigenvalue weighted by molar-refractivity contribution is 0.255. The van der Waals surface area contributed by atoms with Gasteiger partial charge in [0.25, 0.3) is 0 Å². The van der Waals surface area contributed by atoms with Crippen LogP contribution in [-0.4, -0.2) is 47.1 Å². The predicted octanol–water partition coefficient (Wildman–Crippen LogP) is 2.10. The predicted molar refractivity (Wildman–Crippen MR) is 71.1 cm³/mol. The summed E-state index contributed by atoms with van der Waals surface area (Å²) in [6.45, 7) is 4.95. The van der Waals surface area contributed by atoms with Crippen LogP contribution in [0.1, 0.15) is 39.0 Å². The molecule has 0 aromatic rings. The van der Waals surface area contributed by atoms with Crippen LogP contribution in [-0.2, 0) is 0 Å². The normalized spacial score (nSPS) is 37.9. The van der Waals surface area contributed by atoms with Crippen molar-refractivity contribution >= 4 is 11.8 Å². The van der Waals surface area contributed by atoms with Gasteiger partial charge in [-0.05, 0) is 45.3 Å². The molecule has 3 fully saturated rings. The summed E-state index contributed by atoms with van der Waals surface area (Å²) in [6, 6.07) is 2.52. The first-order valence-electron chi connectivity index (χ1n) is 6.77. The third-order valence-electron chi connectivity index (χ3n) is 4.59. The summed E-state index contributed by atoms with van der Waals surface area (Å²) in [5.41, 5.74) is 0. The molecule has 3 heteroatoms. The Bertz CT molecular complexity index is 261. The molecule has 1 aliphatic heterocycles. The highest BCUT2D eigenvalue weighted by atomic mass is 32.2. The van der Waals surface area contributed by atoms with E-state index in [4.69, 9.17) is 0 Å². The Hall–Kier alpha value is 0.270. The van der Waals surface area contributed by atoms with E-state index in [0.717, 1.165) is 18.1 Å². The Labute approximate surface area is 104 Å². The molecular weight excluding hydrogens is 216 g/mol. The number of hydrogen-bond donors (Lipinski definition) is 1. The molecule has 1 saturated heterocycles. The summed E-state index contributed by atoms with van der Waals surface area (Å²) >= 11 is 2.07. The van der Waals surface area contributed by atoms with Crippen molar-refractivity contribution in [1.29, 1.82) is 0 Å². The van der Waals surface area contributed by atoms with Gasteiger partial charge in [-0.25, -0.2) is 0 Å². The second-order valence-electron chi connectivity index (χ2n) is 5.98. The van der Waals surface area contributed by atoms with Gasteiger partial charge in [-0.3, -0.25) is 4.90 Å². The number of nitrogens with one attached hydrogen (secondary N) is 1. The van der Waals surface area contributed by atoms with Gasteiger partial charge in [0.1, 0.15) is 0 Å². The summed E-state index contributed by atoms with van der Waals surface area (Å²) in [5.74, 6) is 0. The van der Waals surface area contributed by atoms with E-state index in [0.29, 0.717) is 4.75 Å². The molecule has 3 rings (SSSR count). The Morgan fingerprint density at radius 2 is 2.12 bits per heavy atom. The quantitative estimate of drug-likeness (QED) is 0.792. The summed E-state index contributed by atoms with van der Waals surface area (Å²) in [6.07, 6.45) is 9.38. The molecule has 16 heavy (non-hydrogen) atoms. The summed E-state index contributed by atoms with van der Waals surface area (Å²) in [5, 5.41) is 3.82. The molecule has 2 aliphatic carbocycles. The van der Waals surface area contributed by atoms with Gasteiger partial charge < -0.3 is 5.32 Å². The van der Waals surface area contributed by atoms with Crippen LogP contribution in [0.4, 0.5) is 0 Å². The van der Waals surface area contributed by atoms with Gasteiger partial charge in [0.05, 0.1) is 0 Å². The van der Waals surface area contributed by atoms with Crippen LogP contribution < -0.4 is 5.32 Å². The van der Waals surface area contributed by atoms with E-state index in [-0.39, 0.29) is 0 Å². The topological polar surface area (TPSA) is 15.3 Å². The molecule has 2 nitrogen and oxygen atoms in total. The van der Waals surface area contributed by atoms with Crippen molar-refractivity contribution in [3.05, 3.63) is 0 Å². The lowest BCUT2D eigenvalue weighted by atomic mass is 10.2. The minimum Gasteiger partial charge on any atom is -0.311 e. The maximum Gasteiger partial charge on any atom is 0.0282 e. The Balaban J connectivity index is 1.46. The molecule has 0 aromatic heterocycles. The minimum absolute atomic E-state index is 0.621. The molecule has 0 bridgehead atoms. The molecule has 2 atom stereocenters. The standard InChI is InChI=1S/C13H24N2S/c1-10-7-11(8-15(10)12-3-4-12)14-9-13(16-2)5-6-13/h10-12,14H,3-9H2,1-2H3. The number of rotatable bonds is 5. The highest BCUT2D eigenvalue weighted by Gasteiger charge is 2.43. The number of thioether (sulfide) groups is 1. The van der Waals surface area contributed by atoms with Crippen LogP contribution in [0.5, 0.6) is 0 Å². The molecule has 92 valence electrons. The molecule has 2 unspecified atom stereocenters. The smallest absolute Gasteiger partial charge is 0.0282 e. The first-order valence-corrected chi connectivity index (χ1v) is 7.99. The first kappa shape index (κ1) is 11.4. The van der Waals surface area contributed by atoms with Crippen LogP contribution in [0.3, 0.4) is 0 Å². The fourth-order valence-electron chi connectivity index (χ4n) is 3.04. The number of likely N-dealkylation sites (tertiary alicyclic amines) is 1. The molecule has 0 aromatic carbocycles. The molecule has 0 spiro atoms. The molecule has 0 amide bonds. The minimum atomic E-state index is 0.621. The van der Waals surface area contributed by atoms with Crippen molar-refractivity contribution in [3.63, 3.8) is 0 Å². The largest absolute Gasteiger partial charge is 0.311 e. The average molecular weight is 240 g/mol. The number of nitrogens with zero attached hydrogens (tertiary/aromatic N) is 1. The van der Waals surface area contributed by atoms with Gasteiger partial charge >= 0.3 is 0 Å². The van der Waals surface area contributed by atoms with Crippen LogP contribution in [0.15, 0.2) is 0 Å². The van der Waals surface area contributed by atoms with E-state index in [1.165, 1.54) is 45.2 Å². The van der Waals surface area contributed by atoms with E-state index in [1.54, 1.807) is 0 Å². The summed E-state index contributed by atoms with van der Waals surface area (Å²) < 4.78 is 0.621. The van der Waals surface area contributed by atoms with Gasteiger partial charge in [0, 0.05) is 36.0 Å². The highest BCUT2D eigenvalue weighted by molar-refractivity contribution is 8.00. The fourth-order valence-corrected chi connectivity index (χ4v) is 3.78. The summed E-state index contributed by atoms with van der Waals surface area (Å²) in [4.78, 5) is 2.73. The van der Waals surface area contributed by atoms with E-state index in [9.17, 15) is 0 Å². The SMILES string of the molecule is CSC1(CNC2CC(C)N(C3CC3)C2)CC1. The van der Waals surface area contributed by atoms with Gasteiger partial charge in [-0.1, -0.05) is 0 Å². The van der Waals surface area contributed by atoms with E-state index in [2.05, 4.69) is 35.2 Å². The lowest BCUT2D eigenvalue weighted by Gasteiger charge is -2.20. The van der Waals surface area contributed by atoms with Crippen LogP contribution in [0, 0.1) is 0 Å². The maximum atomic E-state index is 3.82. The molecule has 2 saturated carbocycles. The van der Waals surface area contributed by atoms with Crippen molar-refractivity contribution in [2.45, 2.75) is 61.9 Å². The second-order valence-corrected chi connectivity index (χ2v) is 7.25. The van der Waals surface area contributed by atoms with Gasteiger partial charge in [-0.2, -0.15) is 11.8 Å². The Morgan fingerprint density at radius 1 is 1.38 bits per heavy atom. The molecule has 3 aliphatic rings. The van der Waals surface area contributed by atoms with Crippen molar-refractivity contribution in [3.8, 4) is 0 Å². The Morgan fingerprint density at radius 3 is 2.69 bits per heavy atom. The third kappa shape index (κ3) is 2.27. The fraction of sp³-hybridized carbons (Fsp3) is 1.00. The van der Waals surface area contributed by atoms with Gasteiger partial charge in [-0.15, -0.1) is 0 Å². The van der Waals surface area contributed by atoms with Crippen LogP contribution in [0.2, 0.25) is 0 Å². The van der Waals surface area contributed by atoms with E-state index in [1.807, 2.05) is 0 Å². The van der Waals surface area contributed by atoms with Crippen molar-refractivity contribution in [2.24, 2.45) is 0 Å². The van der Waals surface area contributed by atoms with Crippen LogP contribution in [0.25, 0.3) is 0 Å². The molecular formula is C13H24N2S. The average Bonchev–Trinajstić information content (AvgIpc) is 3.18. The van der Waals surface area contributed by atoms with E-state index < -0.39 is 0 Å². The summed E-state index contributed by atoms with van der Waals surface area (Å²) in [7, 11) is 0. The van der Waals surface area contributed by atoms with E-state index >= 15 is 0 Å². The first-order chi connectivity index (χ1) is 7.72.